The largest absolute Gasteiger partial charge is 0.386 e. The van der Waals surface area contributed by atoms with Crippen molar-refractivity contribution < 1.29 is 5.11 Å². The molecule has 0 bridgehead atoms. The molecule has 0 aliphatic heterocycles. The third kappa shape index (κ3) is 2.37. The topological polar surface area (TPSA) is 20.2 Å². The molecule has 0 saturated carbocycles. The highest BCUT2D eigenvalue weighted by molar-refractivity contribution is 5.33. The van der Waals surface area contributed by atoms with E-state index in [1.54, 1.807) is 0 Å². The van der Waals surface area contributed by atoms with Gasteiger partial charge in [0.25, 0.3) is 0 Å². The molecule has 1 nitrogen and oxygen atoms in total. The molecule has 1 N–H and O–H groups in total. The maximum absolute atomic E-state index is 10.7. The van der Waals surface area contributed by atoms with Crippen molar-refractivity contribution in [2.45, 2.75) is 56.5 Å². The maximum atomic E-state index is 10.7. The molecule has 2 unspecified atom stereocenters. The van der Waals surface area contributed by atoms with Crippen LogP contribution in [0.5, 0.6) is 0 Å². The molecule has 0 fully saturated rings. The third-order valence-electron chi connectivity index (χ3n) is 4.50. The van der Waals surface area contributed by atoms with Gasteiger partial charge < -0.3 is 5.11 Å². The first-order chi connectivity index (χ1) is 8.77. The lowest BCUT2D eigenvalue weighted by molar-refractivity contribution is 0.0561. The summed E-state index contributed by atoms with van der Waals surface area (Å²) in [6.45, 7) is 0. The van der Waals surface area contributed by atoms with Crippen LogP contribution in [0.2, 0.25) is 0 Å². The number of benzene rings is 1. The van der Waals surface area contributed by atoms with Crippen molar-refractivity contribution in [3.05, 3.63) is 47.5 Å². The average Bonchev–Trinajstić information content (AvgIpc) is 2.40. The van der Waals surface area contributed by atoms with Crippen molar-refractivity contribution in [2.24, 2.45) is 0 Å². The highest BCUT2D eigenvalue weighted by atomic mass is 16.3. The molecule has 2 aliphatic rings. The van der Waals surface area contributed by atoms with Crippen LogP contribution in [-0.4, -0.2) is 10.7 Å². The summed E-state index contributed by atoms with van der Waals surface area (Å²) in [5.41, 5.74) is 2.43. The van der Waals surface area contributed by atoms with E-state index < -0.39 is 5.60 Å². The summed E-state index contributed by atoms with van der Waals surface area (Å²) in [6.07, 6.45) is 12.0. The number of aryl methyl sites for hydroxylation is 1. The van der Waals surface area contributed by atoms with Gasteiger partial charge >= 0.3 is 0 Å². The van der Waals surface area contributed by atoms with Gasteiger partial charge in [-0.3, -0.25) is 0 Å². The first kappa shape index (κ1) is 12.0. The molecular formula is C17H22O. The van der Waals surface area contributed by atoms with Crippen molar-refractivity contribution in [2.75, 3.05) is 0 Å². The fraction of sp³-hybridized carbons (Fsp3) is 0.529. The van der Waals surface area contributed by atoms with Crippen LogP contribution < -0.4 is 0 Å². The normalized spacial score (nSPS) is 31.1. The smallest absolute Gasteiger partial charge is 0.0833 e. The van der Waals surface area contributed by atoms with Gasteiger partial charge in [0.2, 0.25) is 0 Å². The minimum atomic E-state index is -0.548. The molecule has 1 aromatic rings. The predicted molar refractivity (Wildman–Crippen MR) is 74.7 cm³/mol. The molecule has 0 amide bonds. The van der Waals surface area contributed by atoms with Crippen LogP contribution in [0.15, 0.2) is 36.4 Å². The fourth-order valence-electron chi connectivity index (χ4n) is 3.58. The predicted octanol–water partition coefficient (Wildman–Crippen LogP) is 3.97. The lowest BCUT2D eigenvalue weighted by Crippen LogP contribution is -2.31. The van der Waals surface area contributed by atoms with Gasteiger partial charge in [0.15, 0.2) is 0 Å². The zero-order valence-electron chi connectivity index (χ0n) is 10.9. The van der Waals surface area contributed by atoms with Crippen LogP contribution >= 0.6 is 0 Å². The van der Waals surface area contributed by atoms with Crippen molar-refractivity contribution in [1.82, 2.24) is 0 Å². The Balaban J connectivity index is 1.82. The number of hydrogen-bond acceptors (Lipinski definition) is 1. The van der Waals surface area contributed by atoms with Crippen LogP contribution in [0, 0.1) is 0 Å². The number of allylic oxidation sites excluding steroid dienone is 1. The number of rotatable bonds is 2. The van der Waals surface area contributed by atoms with Gasteiger partial charge in [-0.25, -0.2) is 0 Å². The Labute approximate surface area is 110 Å². The molecule has 1 aromatic carbocycles. The Morgan fingerprint density at radius 1 is 1.22 bits per heavy atom. The van der Waals surface area contributed by atoms with E-state index in [0.717, 1.165) is 25.7 Å². The first-order valence-corrected chi connectivity index (χ1v) is 7.25. The first-order valence-electron chi connectivity index (χ1n) is 7.25. The average molecular weight is 242 g/mol. The van der Waals surface area contributed by atoms with E-state index in [1.807, 2.05) is 6.08 Å². The van der Waals surface area contributed by atoms with Crippen LogP contribution in [0.25, 0.3) is 0 Å². The Morgan fingerprint density at radius 2 is 2.11 bits per heavy atom. The van der Waals surface area contributed by atoms with Crippen LogP contribution in [0.1, 0.15) is 55.6 Å². The fourth-order valence-corrected chi connectivity index (χ4v) is 3.58. The summed E-state index contributed by atoms with van der Waals surface area (Å²) in [7, 11) is 0. The van der Waals surface area contributed by atoms with E-state index >= 15 is 0 Å². The summed E-state index contributed by atoms with van der Waals surface area (Å²) in [6, 6.07) is 8.78. The van der Waals surface area contributed by atoms with E-state index in [2.05, 4.69) is 30.3 Å². The Kier molecular flexibility index (Phi) is 3.25. The molecule has 0 heterocycles. The van der Waals surface area contributed by atoms with Gasteiger partial charge in [0.1, 0.15) is 0 Å². The minimum absolute atomic E-state index is 0.544. The molecule has 1 heteroatoms. The molecule has 18 heavy (non-hydrogen) atoms. The van der Waals surface area contributed by atoms with E-state index in [-0.39, 0.29) is 0 Å². The highest BCUT2D eigenvalue weighted by Crippen LogP contribution is 2.39. The molecule has 0 saturated heterocycles. The van der Waals surface area contributed by atoms with Crippen molar-refractivity contribution in [3.8, 4) is 0 Å². The second-order valence-corrected chi connectivity index (χ2v) is 5.89. The lowest BCUT2D eigenvalue weighted by atomic mass is 9.74. The molecule has 0 aromatic heterocycles. The maximum Gasteiger partial charge on any atom is 0.0833 e. The van der Waals surface area contributed by atoms with E-state index in [0.29, 0.717) is 5.92 Å². The van der Waals surface area contributed by atoms with Gasteiger partial charge in [-0.1, -0.05) is 36.4 Å². The molecule has 96 valence electrons. The summed E-state index contributed by atoms with van der Waals surface area (Å²) in [4.78, 5) is 0. The van der Waals surface area contributed by atoms with Gasteiger partial charge in [0, 0.05) is 0 Å². The zero-order valence-corrected chi connectivity index (χ0v) is 10.9. The van der Waals surface area contributed by atoms with E-state index in [4.69, 9.17) is 0 Å². The summed E-state index contributed by atoms with van der Waals surface area (Å²) in [5.74, 6) is 0.544. The zero-order chi connectivity index (χ0) is 12.4. The van der Waals surface area contributed by atoms with Crippen LogP contribution in [0.3, 0.4) is 0 Å². The SMILES string of the molecule is OC1(CC2CCCc3ccccc32)C=CCCC1. The van der Waals surface area contributed by atoms with Gasteiger partial charge in [-0.15, -0.1) is 0 Å². The van der Waals surface area contributed by atoms with E-state index in [1.165, 1.54) is 30.4 Å². The lowest BCUT2D eigenvalue weighted by Gasteiger charge is -2.34. The number of aliphatic hydroxyl groups is 1. The van der Waals surface area contributed by atoms with Crippen molar-refractivity contribution in [3.63, 3.8) is 0 Å². The number of hydrogen-bond donors (Lipinski definition) is 1. The van der Waals surface area contributed by atoms with E-state index in [9.17, 15) is 5.11 Å². The molecule has 3 rings (SSSR count). The molecule has 2 aliphatic carbocycles. The van der Waals surface area contributed by atoms with Gasteiger partial charge in [-0.2, -0.15) is 0 Å². The summed E-state index contributed by atoms with van der Waals surface area (Å²) < 4.78 is 0. The van der Waals surface area contributed by atoms with Crippen LogP contribution in [0.4, 0.5) is 0 Å². The molecular weight excluding hydrogens is 220 g/mol. The van der Waals surface area contributed by atoms with Gasteiger partial charge in [-0.05, 0) is 62.0 Å². The Hall–Kier alpha value is -1.08. The second-order valence-electron chi connectivity index (χ2n) is 5.89. The van der Waals surface area contributed by atoms with Crippen LogP contribution in [-0.2, 0) is 6.42 Å². The number of fused-ring (bicyclic) bond motifs is 1. The monoisotopic (exact) mass is 242 g/mol. The minimum Gasteiger partial charge on any atom is -0.386 e. The van der Waals surface area contributed by atoms with Crippen molar-refractivity contribution in [1.29, 1.82) is 0 Å². The van der Waals surface area contributed by atoms with Gasteiger partial charge in [0.05, 0.1) is 5.60 Å². The Bertz CT molecular complexity index is 449. The third-order valence-corrected chi connectivity index (χ3v) is 4.50. The quantitative estimate of drug-likeness (QED) is 0.778. The van der Waals surface area contributed by atoms with Crippen molar-refractivity contribution >= 4 is 0 Å². The second kappa shape index (κ2) is 4.89. The summed E-state index contributed by atoms with van der Waals surface area (Å²) >= 11 is 0. The Morgan fingerprint density at radius 3 is 2.94 bits per heavy atom. The highest BCUT2D eigenvalue weighted by Gasteiger charge is 2.31. The molecule has 0 radical (unpaired) electrons. The molecule has 2 atom stereocenters. The summed E-state index contributed by atoms with van der Waals surface area (Å²) in [5, 5.41) is 10.7. The molecule has 0 spiro atoms. The standard InChI is InChI=1S/C17H22O/c18-17(11-4-1-5-12-17)13-15-9-6-8-14-7-2-3-10-16(14)15/h2-4,7,10-11,15,18H,1,5-6,8-9,12-13H2.